The van der Waals surface area contributed by atoms with Crippen molar-refractivity contribution in [1.29, 1.82) is 0 Å². The molecule has 0 saturated carbocycles. The van der Waals surface area contributed by atoms with E-state index in [9.17, 15) is 4.79 Å². The first-order valence-electron chi connectivity index (χ1n) is 8.35. The van der Waals surface area contributed by atoms with Crippen molar-refractivity contribution in [3.8, 4) is 0 Å². The molecule has 8 heteroatoms. The van der Waals surface area contributed by atoms with E-state index in [1.807, 2.05) is 25.7 Å². The van der Waals surface area contributed by atoms with Crippen molar-refractivity contribution in [2.24, 2.45) is 0 Å². The highest BCUT2D eigenvalue weighted by atomic mass is 16.2. The van der Waals surface area contributed by atoms with Crippen LogP contribution in [0, 0.1) is 0 Å². The van der Waals surface area contributed by atoms with Gasteiger partial charge in [-0.2, -0.15) is 0 Å². The average Bonchev–Trinajstić information content (AvgIpc) is 2.61. The standard InChI is InChI=1S/C17H23N7O/c1-17(2,3)22-15-18-8-5-13(21-15)14(25)23-9-11-24(12-10-23)16-19-6-4-7-20-16/h4-8H,9-12H2,1-3H3,(H,18,21,22). The van der Waals surface area contributed by atoms with Crippen molar-refractivity contribution < 1.29 is 4.79 Å². The first kappa shape index (κ1) is 17.1. The molecule has 1 saturated heterocycles. The quantitative estimate of drug-likeness (QED) is 0.904. The number of hydrogen-bond donors (Lipinski definition) is 1. The lowest BCUT2D eigenvalue weighted by Crippen LogP contribution is -2.49. The number of anilines is 2. The van der Waals surface area contributed by atoms with Crippen LogP contribution in [0.5, 0.6) is 0 Å². The van der Waals surface area contributed by atoms with Gasteiger partial charge in [-0.05, 0) is 32.9 Å². The number of aromatic nitrogens is 4. The predicted octanol–water partition coefficient (Wildman–Crippen LogP) is 1.44. The van der Waals surface area contributed by atoms with E-state index in [2.05, 4.69) is 30.2 Å². The fourth-order valence-corrected chi connectivity index (χ4v) is 2.60. The molecule has 132 valence electrons. The SMILES string of the molecule is CC(C)(C)Nc1nccc(C(=O)N2CCN(c3ncccn3)CC2)n1. The minimum atomic E-state index is -0.164. The number of rotatable bonds is 3. The third-order valence-electron chi connectivity index (χ3n) is 3.76. The number of carbonyl (C=O) groups is 1. The number of amides is 1. The van der Waals surface area contributed by atoms with Crippen molar-refractivity contribution >= 4 is 17.8 Å². The molecule has 1 aliphatic heterocycles. The van der Waals surface area contributed by atoms with Crippen molar-refractivity contribution in [1.82, 2.24) is 24.8 Å². The molecular formula is C17H23N7O. The Balaban J connectivity index is 1.64. The molecule has 1 fully saturated rings. The van der Waals surface area contributed by atoms with E-state index in [0.29, 0.717) is 43.8 Å². The van der Waals surface area contributed by atoms with Gasteiger partial charge in [0, 0.05) is 50.3 Å². The van der Waals surface area contributed by atoms with Gasteiger partial charge in [0.1, 0.15) is 5.69 Å². The third-order valence-corrected chi connectivity index (χ3v) is 3.76. The summed E-state index contributed by atoms with van der Waals surface area (Å²) < 4.78 is 0. The molecule has 0 atom stereocenters. The van der Waals surface area contributed by atoms with Crippen LogP contribution in [-0.2, 0) is 0 Å². The maximum Gasteiger partial charge on any atom is 0.272 e. The minimum Gasteiger partial charge on any atom is -0.350 e. The van der Waals surface area contributed by atoms with Gasteiger partial charge < -0.3 is 15.1 Å². The Bertz CT molecular complexity index is 721. The lowest BCUT2D eigenvalue weighted by atomic mass is 10.1. The van der Waals surface area contributed by atoms with Gasteiger partial charge in [-0.3, -0.25) is 4.79 Å². The summed E-state index contributed by atoms with van der Waals surface area (Å²) >= 11 is 0. The fraction of sp³-hybridized carbons (Fsp3) is 0.471. The van der Waals surface area contributed by atoms with Crippen LogP contribution in [0.4, 0.5) is 11.9 Å². The molecule has 1 amide bonds. The van der Waals surface area contributed by atoms with Crippen LogP contribution in [-0.4, -0.2) is 62.5 Å². The van der Waals surface area contributed by atoms with E-state index < -0.39 is 0 Å². The molecule has 3 heterocycles. The highest BCUT2D eigenvalue weighted by Crippen LogP contribution is 2.14. The summed E-state index contributed by atoms with van der Waals surface area (Å²) in [4.78, 5) is 33.7. The van der Waals surface area contributed by atoms with E-state index in [0.717, 1.165) is 0 Å². The van der Waals surface area contributed by atoms with E-state index in [1.165, 1.54) is 0 Å². The molecule has 0 unspecified atom stereocenters. The van der Waals surface area contributed by atoms with Crippen molar-refractivity contribution in [3.05, 3.63) is 36.4 Å². The van der Waals surface area contributed by atoms with Gasteiger partial charge in [0.25, 0.3) is 5.91 Å². The lowest BCUT2D eigenvalue weighted by molar-refractivity contribution is 0.0740. The Morgan fingerprint density at radius 1 is 1.04 bits per heavy atom. The van der Waals surface area contributed by atoms with Gasteiger partial charge in [-0.25, -0.2) is 19.9 Å². The Morgan fingerprint density at radius 3 is 2.36 bits per heavy atom. The smallest absolute Gasteiger partial charge is 0.272 e. The van der Waals surface area contributed by atoms with Crippen LogP contribution in [0.3, 0.4) is 0 Å². The maximum absolute atomic E-state index is 12.7. The predicted molar refractivity (Wildman–Crippen MR) is 95.6 cm³/mol. The van der Waals surface area contributed by atoms with Crippen molar-refractivity contribution in [2.75, 3.05) is 36.4 Å². The molecule has 25 heavy (non-hydrogen) atoms. The topological polar surface area (TPSA) is 87.1 Å². The summed E-state index contributed by atoms with van der Waals surface area (Å²) in [5.74, 6) is 1.09. The molecule has 3 rings (SSSR count). The van der Waals surface area contributed by atoms with E-state index in [1.54, 1.807) is 30.7 Å². The first-order valence-corrected chi connectivity index (χ1v) is 8.35. The van der Waals surface area contributed by atoms with Gasteiger partial charge in [-0.1, -0.05) is 0 Å². The Kier molecular flexibility index (Phi) is 4.78. The molecule has 0 aromatic carbocycles. The molecule has 8 nitrogen and oxygen atoms in total. The van der Waals surface area contributed by atoms with Gasteiger partial charge in [0.2, 0.25) is 11.9 Å². The molecular weight excluding hydrogens is 318 g/mol. The molecule has 2 aromatic rings. The molecule has 0 bridgehead atoms. The molecule has 1 N–H and O–H groups in total. The van der Waals surface area contributed by atoms with Crippen LogP contribution >= 0.6 is 0 Å². The van der Waals surface area contributed by atoms with Gasteiger partial charge in [-0.15, -0.1) is 0 Å². The summed E-state index contributed by atoms with van der Waals surface area (Å²) in [5, 5.41) is 3.19. The second-order valence-corrected chi connectivity index (χ2v) is 6.97. The Morgan fingerprint density at radius 2 is 1.72 bits per heavy atom. The summed E-state index contributed by atoms with van der Waals surface area (Å²) in [6, 6.07) is 3.45. The zero-order chi connectivity index (χ0) is 17.9. The number of nitrogens with one attached hydrogen (secondary N) is 1. The lowest BCUT2D eigenvalue weighted by Gasteiger charge is -2.34. The van der Waals surface area contributed by atoms with Crippen LogP contribution in [0.2, 0.25) is 0 Å². The minimum absolute atomic E-state index is 0.0759. The molecule has 2 aromatic heterocycles. The summed E-state index contributed by atoms with van der Waals surface area (Å²) in [5.41, 5.74) is 0.245. The summed E-state index contributed by atoms with van der Waals surface area (Å²) in [7, 11) is 0. The average molecular weight is 341 g/mol. The van der Waals surface area contributed by atoms with E-state index in [-0.39, 0.29) is 11.4 Å². The number of hydrogen-bond acceptors (Lipinski definition) is 7. The van der Waals surface area contributed by atoms with Crippen molar-refractivity contribution in [3.63, 3.8) is 0 Å². The molecule has 0 aliphatic carbocycles. The van der Waals surface area contributed by atoms with Gasteiger partial charge in [0.15, 0.2) is 0 Å². The van der Waals surface area contributed by atoms with E-state index >= 15 is 0 Å². The number of nitrogens with zero attached hydrogens (tertiary/aromatic N) is 6. The second-order valence-electron chi connectivity index (χ2n) is 6.97. The normalized spacial score (nSPS) is 15.2. The summed E-state index contributed by atoms with van der Waals surface area (Å²) in [6.07, 6.45) is 5.07. The largest absolute Gasteiger partial charge is 0.350 e. The number of piperazine rings is 1. The first-order chi connectivity index (χ1) is 11.9. The zero-order valence-corrected chi connectivity index (χ0v) is 14.8. The highest BCUT2D eigenvalue weighted by molar-refractivity contribution is 5.92. The van der Waals surface area contributed by atoms with Crippen LogP contribution in [0.15, 0.2) is 30.7 Å². The second kappa shape index (κ2) is 7.00. The van der Waals surface area contributed by atoms with Gasteiger partial charge in [0.05, 0.1) is 0 Å². The third kappa shape index (κ3) is 4.40. The summed E-state index contributed by atoms with van der Waals surface area (Å²) in [6.45, 7) is 8.70. The number of carbonyl (C=O) groups excluding carboxylic acids is 1. The van der Waals surface area contributed by atoms with Crippen LogP contribution in [0.1, 0.15) is 31.3 Å². The van der Waals surface area contributed by atoms with Crippen molar-refractivity contribution in [2.45, 2.75) is 26.3 Å². The maximum atomic E-state index is 12.7. The van der Waals surface area contributed by atoms with Crippen LogP contribution < -0.4 is 10.2 Å². The molecule has 0 radical (unpaired) electrons. The van der Waals surface area contributed by atoms with E-state index in [4.69, 9.17) is 0 Å². The molecule has 0 spiro atoms. The molecule has 1 aliphatic rings. The Labute approximate surface area is 147 Å². The van der Waals surface area contributed by atoms with Crippen LogP contribution in [0.25, 0.3) is 0 Å². The Hall–Kier alpha value is -2.77. The fourth-order valence-electron chi connectivity index (χ4n) is 2.60. The monoisotopic (exact) mass is 341 g/mol. The highest BCUT2D eigenvalue weighted by Gasteiger charge is 2.24. The zero-order valence-electron chi connectivity index (χ0n) is 14.8. The van der Waals surface area contributed by atoms with Gasteiger partial charge >= 0.3 is 0 Å².